The fraction of sp³-hybridized carbons (Fsp3) is 0.923. The van der Waals surface area contributed by atoms with E-state index in [2.05, 4.69) is 4.90 Å². The Labute approximate surface area is 116 Å². The summed E-state index contributed by atoms with van der Waals surface area (Å²) in [7, 11) is 0. The van der Waals surface area contributed by atoms with Gasteiger partial charge in [0, 0.05) is 13.1 Å². The number of nitrogens with zero attached hydrogens (tertiary/aromatic N) is 2. The third kappa shape index (κ3) is 4.41. The van der Waals surface area contributed by atoms with Gasteiger partial charge in [-0.05, 0) is 57.7 Å². The number of nitrogens with two attached hydrogens (primary N) is 1. The first-order chi connectivity index (χ1) is 8.29. The van der Waals surface area contributed by atoms with E-state index >= 15 is 0 Å². The molecule has 0 aliphatic carbocycles. The van der Waals surface area contributed by atoms with Crippen LogP contribution in [0, 0.1) is 5.92 Å². The largest absolute Gasteiger partial charge is 0.342 e. The SMILES string of the molecule is Cl.NCC1CCN(CC(=O)N2CCCCC2)CC1. The molecular formula is C13H26ClN3O. The molecule has 2 fully saturated rings. The van der Waals surface area contributed by atoms with E-state index in [0.717, 1.165) is 45.6 Å². The normalized spacial score (nSPS) is 22.6. The fourth-order valence-electron chi connectivity index (χ4n) is 2.81. The van der Waals surface area contributed by atoms with E-state index in [1.807, 2.05) is 4.90 Å². The topological polar surface area (TPSA) is 49.6 Å². The summed E-state index contributed by atoms with van der Waals surface area (Å²) in [6.07, 6.45) is 5.96. The number of piperidine rings is 2. The number of hydrogen-bond acceptors (Lipinski definition) is 3. The number of rotatable bonds is 3. The number of likely N-dealkylation sites (tertiary alicyclic amines) is 2. The summed E-state index contributed by atoms with van der Waals surface area (Å²) in [5.74, 6) is 1.01. The van der Waals surface area contributed by atoms with Crippen molar-refractivity contribution in [2.75, 3.05) is 39.3 Å². The standard InChI is InChI=1S/C13H25N3O.ClH/c14-10-12-4-8-15(9-5-12)11-13(17)16-6-2-1-3-7-16;/h12H,1-11,14H2;1H. The van der Waals surface area contributed by atoms with Gasteiger partial charge in [0.05, 0.1) is 6.54 Å². The van der Waals surface area contributed by atoms with E-state index in [1.54, 1.807) is 0 Å². The lowest BCUT2D eigenvalue weighted by Crippen LogP contribution is -2.45. The summed E-state index contributed by atoms with van der Waals surface area (Å²) in [5.41, 5.74) is 5.67. The molecule has 2 rings (SSSR count). The highest BCUT2D eigenvalue weighted by molar-refractivity contribution is 5.85. The highest BCUT2D eigenvalue weighted by Crippen LogP contribution is 2.16. The summed E-state index contributed by atoms with van der Waals surface area (Å²) in [5, 5.41) is 0. The van der Waals surface area contributed by atoms with Crippen LogP contribution in [0.1, 0.15) is 32.1 Å². The van der Waals surface area contributed by atoms with E-state index in [-0.39, 0.29) is 12.4 Å². The van der Waals surface area contributed by atoms with Crippen molar-refractivity contribution >= 4 is 18.3 Å². The minimum atomic E-state index is 0. The third-order valence-electron chi connectivity index (χ3n) is 4.11. The van der Waals surface area contributed by atoms with Crippen LogP contribution in [0.3, 0.4) is 0 Å². The van der Waals surface area contributed by atoms with Crippen LogP contribution in [-0.2, 0) is 4.79 Å². The number of amides is 1. The Hall–Kier alpha value is -0.320. The molecule has 2 aliphatic heterocycles. The number of hydrogen-bond donors (Lipinski definition) is 1. The molecular weight excluding hydrogens is 250 g/mol. The lowest BCUT2D eigenvalue weighted by atomic mass is 9.97. The van der Waals surface area contributed by atoms with Crippen molar-refractivity contribution in [1.29, 1.82) is 0 Å². The van der Waals surface area contributed by atoms with Crippen LogP contribution in [0.15, 0.2) is 0 Å². The quantitative estimate of drug-likeness (QED) is 0.839. The molecule has 0 aromatic carbocycles. The number of halogens is 1. The van der Waals surface area contributed by atoms with Crippen molar-refractivity contribution in [3.63, 3.8) is 0 Å². The second kappa shape index (κ2) is 7.97. The smallest absolute Gasteiger partial charge is 0.236 e. The molecule has 2 heterocycles. The van der Waals surface area contributed by atoms with Crippen molar-refractivity contribution in [3.8, 4) is 0 Å². The maximum atomic E-state index is 12.1. The van der Waals surface area contributed by atoms with Crippen molar-refractivity contribution in [3.05, 3.63) is 0 Å². The molecule has 1 amide bonds. The average molecular weight is 276 g/mol. The van der Waals surface area contributed by atoms with E-state index in [9.17, 15) is 4.79 Å². The molecule has 0 saturated carbocycles. The molecule has 0 atom stereocenters. The van der Waals surface area contributed by atoms with Gasteiger partial charge >= 0.3 is 0 Å². The third-order valence-corrected chi connectivity index (χ3v) is 4.11. The Morgan fingerprint density at radius 1 is 1.06 bits per heavy atom. The van der Waals surface area contributed by atoms with Gasteiger partial charge in [-0.2, -0.15) is 0 Å². The van der Waals surface area contributed by atoms with Gasteiger partial charge < -0.3 is 10.6 Å². The zero-order valence-corrected chi connectivity index (χ0v) is 12.0. The second-order valence-electron chi connectivity index (χ2n) is 5.40. The summed E-state index contributed by atoms with van der Waals surface area (Å²) >= 11 is 0. The highest BCUT2D eigenvalue weighted by Gasteiger charge is 2.22. The predicted octanol–water partition coefficient (Wildman–Crippen LogP) is 1.09. The average Bonchev–Trinajstić information content (AvgIpc) is 2.40. The van der Waals surface area contributed by atoms with Gasteiger partial charge in [-0.25, -0.2) is 0 Å². The lowest BCUT2D eigenvalue weighted by Gasteiger charge is -2.33. The monoisotopic (exact) mass is 275 g/mol. The van der Waals surface area contributed by atoms with Crippen LogP contribution in [0.4, 0.5) is 0 Å². The Kier molecular flexibility index (Phi) is 6.97. The zero-order valence-electron chi connectivity index (χ0n) is 11.1. The van der Waals surface area contributed by atoms with Crippen molar-refractivity contribution in [2.45, 2.75) is 32.1 Å². The van der Waals surface area contributed by atoms with Crippen LogP contribution < -0.4 is 5.73 Å². The van der Waals surface area contributed by atoms with Crippen LogP contribution in [-0.4, -0.2) is 55.0 Å². The molecule has 18 heavy (non-hydrogen) atoms. The van der Waals surface area contributed by atoms with E-state index in [4.69, 9.17) is 5.73 Å². The van der Waals surface area contributed by atoms with Gasteiger partial charge in [-0.3, -0.25) is 9.69 Å². The van der Waals surface area contributed by atoms with Crippen LogP contribution >= 0.6 is 12.4 Å². The Morgan fingerprint density at radius 2 is 1.67 bits per heavy atom. The Morgan fingerprint density at radius 3 is 2.22 bits per heavy atom. The molecule has 106 valence electrons. The minimum absolute atomic E-state index is 0. The molecule has 4 nitrogen and oxygen atoms in total. The summed E-state index contributed by atoms with van der Waals surface area (Å²) in [6, 6.07) is 0. The molecule has 0 aromatic rings. The first-order valence-corrected chi connectivity index (χ1v) is 7.00. The molecule has 2 N–H and O–H groups in total. The summed E-state index contributed by atoms with van der Waals surface area (Å²) in [6.45, 7) is 5.45. The van der Waals surface area contributed by atoms with Gasteiger partial charge in [0.25, 0.3) is 0 Å². The van der Waals surface area contributed by atoms with Crippen molar-refractivity contribution < 1.29 is 4.79 Å². The Bertz CT molecular complexity index is 249. The van der Waals surface area contributed by atoms with Crippen LogP contribution in [0.5, 0.6) is 0 Å². The predicted molar refractivity (Wildman–Crippen MR) is 75.9 cm³/mol. The molecule has 0 radical (unpaired) electrons. The van der Waals surface area contributed by atoms with E-state index < -0.39 is 0 Å². The van der Waals surface area contributed by atoms with Gasteiger partial charge in [-0.15, -0.1) is 12.4 Å². The molecule has 0 unspecified atom stereocenters. The van der Waals surface area contributed by atoms with E-state index in [0.29, 0.717) is 18.4 Å². The second-order valence-corrected chi connectivity index (χ2v) is 5.40. The molecule has 5 heteroatoms. The van der Waals surface area contributed by atoms with Gasteiger partial charge in [0.1, 0.15) is 0 Å². The summed E-state index contributed by atoms with van der Waals surface area (Å²) < 4.78 is 0. The van der Waals surface area contributed by atoms with E-state index in [1.165, 1.54) is 19.3 Å². The van der Waals surface area contributed by atoms with Gasteiger partial charge in [0.2, 0.25) is 5.91 Å². The molecule has 0 bridgehead atoms. The van der Waals surface area contributed by atoms with Gasteiger partial charge in [-0.1, -0.05) is 0 Å². The maximum Gasteiger partial charge on any atom is 0.236 e. The van der Waals surface area contributed by atoms with Crippen LogP contribution in [0.2, 0.25) is 0 Å². The highest BCUT2D eigenvalue weighted by atomic mass is 35.5. The molecule has 2 saturated heterocycles. The summed E-state index contributed by atoms with van der Waals surface area (Å²) in [4.78, 5) is 16.4. The Balaban J connectivity index is 0.00000162. The number of carbonyl (C=O) groups excluding carboxylic acids is 1. The minimum Gasteiger partial charge on any atom is -0.342 e. The first kappa shape index (κ1) is 15.7. The van der Waals surface area contributed by atoms with Crippen LogP contribution in [0.25, 0.3) is 0 Å². The van der Waals surface area contributed by atoms with Gasteiger partial charge in [0.15, 0.2) is 0 Å². The van der Waals surface area contributed by atoms with Crippen molar-refractivity contribution in [1.82, 2.24) is 9.80 Å². The molecule has 0 aromatic heterocycles. The number of carbonyl (C=O) groups is 1. The fourth-order valence-corrected chi connectivity index (χ4v) is 2.81. The first-order valence-electron chi connectivity index (χ1n) is 7.00. The zero-order chi connectivity index (χ0) is 12.1. The molecule has 2 aliphatic rings. The maximum absolute atomic E-state index is 12.1. The molecule has 0 spiro atoms. The van der Waals surface area contributed by atoms with Crippen molar-refractivity contribution in [2.24, 2.45) is 11.7 Å². The lowest BCUT2D eigenvalue weighted by molar-refractivity contribution is -0.133.